The van der Waals surface area contributed by atoms with Crippen LogP contribution in [0.1, 0.15) is 0 Å². The normalized spacial score (nSPS) is 12.4. The fraction of sp³-hybridized carbons (Fsp3) is 0.167. The molecule has 4 aromatic carbocycles. The lowest BCUT2D eigenvalue weighted by atomic mass is 10.1. The van der Waals surface area contributed by atoms with Crippen molar-refractivity contribution in [1.82, 2.24) is 0 Å². The molecule has 4 rings (SSSR count). The molecular weight excluding hydrogens is 523 g/mol. The Labute approximate surface area is 211 Å². The summed E-state index contributed by atoms with van der Waals surface area (Å²) in [5, 5.41) is 1.94. The molecule has 0 amide bonds. The van der Waals surface area contributed by atoms with Gasteiger partial charge in [-0.25, -0.2) is 0 Å². The summed E-state index contributed by atoms with van der Waals surface area (Å²) in [6.07, 6.45) is 0. The highest BCUT2D eigenvalue weighted by molar-refractivity contribution is 7.93. The molecule has 0 aliphatic carbocycles. The summed E-state index contributed by atoms with van der Waals surface area (Å²) in [5.74, 6) is 0. The molecule has 0 aliphatic heterocycles. The van der Waals surface area contributed by atoms with E-state index >= 15 is 0 Å². The van der Waals surface area contributed by atoms with Crippen LogP contribution >= 0.6 is 8.25 Å². The van der Waals surface area contributed by atoms with Crippen LogP contribution in [-0.4, -0.2) is 45.0 Å². The molecular formula is C24H25N2O7PS2. The van der Waals surface area contributed by atoms with E-state index in [9.17, 15) is 21.4 Å². The van der Waals surface area contributed by atoms with Crippen molar-refractivity contribution in [3.05, 3.63) is 72.8 Å². The van der Waals surface area contributed by atoms with Crippen molar-refractivity contribution in [2.75, 3.05) is 38.0 Å². The van der Waals surface area contributed by atoms with Crippen molar-refractivity contribution >= 4 is 61.4 Å². The zero-order valence-corrected chi connectivity index (χ0v) is 22.6. The molecule has 9 nitrogen and oxygen atoms in total. The fourth-order valence-electron chi connectivity index (χ4n) is 4.03. The highest BCUT2D eigenvalue weighted by Gasteiger charge is 2.28. The van der Waals surface area contributed by atoms with Gasteiger partial charge in [-0.3, -0.25) is 4.57 Å². The van der Waals surface area contributed by atoms with Gasteiger partial charge in [-0.15, -0.1) is 0 Å². The van der Waals surface area contributed by atoms with E-state index in [2.05, 4.69) is 0 Å². The molecule has 0 heterocycles. The zero-order chi connectivity index (χ0) is 26.3. The molecule has 0 aliphatic rings. The number of rotatable bonds is 8. The number of nitrogens with zero attached hydrogens (tertiary/aromatic N) is 2. The van der Waals surface area contributed by atoms with Crippen molar-refractivity contribution in [3.8, 4) is 0 Å². The van der Waals surface area contributed by atoms with E-state index < -0.39 is 28.5 Å². The molecule has 0 atom stereocenters. The lowest BCUT2D eigenvalue weighted by molar-refractivity contribution is 0.405. The van der Waals surface area contributed by atoms with E-state index in [1.807, 2.05) is 50.1 Å². The minimum absolute atomic E-state index is 0.246. The predicted molar refractivity (Wildman–Crippen MR) is 142 cm³/mol. The van der Waals surface area contributed by atoms with Gasteiger partial charge in [0, 0.05) is 61.1 Å². The first kappa shape index (κ1) is 26.1. The fourth-order valence-corrected chi connectivity index (χ4v) is 7.93. The van der Waals surface area contributed by atoms with E-state index in [-0.39, 0.29) is 9.79 Å². The van der Waals surface area contributed by atoms with E-state index in [0.717, 1.165) is 11.4 Å². The molecule has 0 spiro atoms. The summed E-state index contributed by atoms with van der Waals surface area (Å²) in [7, 11) is -6.01. The van der Waals surface area contributed by atoms with Crippen molar-refractivity contribution in [1.29, 1.82) is 0 Å². The Kier molecular flexibility index (Phi) is 7.14. The topological polar surface area (TPSA) is 110 Å². The van der Waals surface area contributed by atoms with Crippen LogP contribution in [0, 0.1) is 0 Å². The molecule has 36 heavy (non-hydrogen) atoms. The SMILES string of the molecule is CN(C)c1cccc2c(S(=O)(=O)O[PH](=O)OS(=O)(=O)c3cccc4c(N(C)C)cccc34)cccc12. The molecule has 190 valence electrons. The monoisotopic (exact) mass is 548 g/mol. The summed E-state index contributed by atoms with van der Waals surface area (Å²) in [4.78, 5) is 3.15. The molecule has 0 aromatic heterocycles. The van der Waals surface area contributed by atoms with Crippen LogP contribution in [0.15, 0.2) is 82.6 Å². The summed E-state index contributed by atoms with van der Waals surface area (Å²) in [6.45, 7) is 0. The second-order valence-electron chi connectivity index (χ2n) is 8.37. The van der Waals surface area contributed by atoms with Gasteiger partial charge in [-0.2, -0.15) is 24.8 Å². The number of benzene rings is 4. The Morgan fingerprint density at radius 3 is 1.25 bits per heavy atom. The summed E-state index contributed by atoms with van der Waals surface area (Å²) in [6, 6.07) is 19.3. The predicted octanol–water partition coefficient (Wildman–Crippen LogP) is 4.63. The first-order valence-electron chi connectivity index (χ1n) is 10.7. The lowest BCUT2D eigenvalue weighted by Gasteiger charge is -2.17. The molecule has 0 saturated carbocycles. The number of anilines is 2. The maximum atomic E-state index is 13.0. The molecule has 0 fully saturated rings. The third kappa shape index (κ3) is 4.98. The Morgan fingerprint density at radius 1 is 0.556 bits per heavy atom. The second-order valence-corrected chi connectivity index (χ2v) is 12.9. The Bertz CT molecular complexity index is 1580. The maximum absolute atomic E-state index is 13.0. The van der Waals surface area contributed by atoms with Crippen LogP contribution in [0.4, 0.5) is 11.4 Å². The van der Waals surface area contributed by atoms with Gasteiger partial charge in [-0.1, -0.05) is 48.5 Å². The minimum atomic E-state index is -4.63. The van der Waals surface area contributed by atoms with Crippen LogP contribution in [0.2, 0.25) is 0 Å². The van der Waals surface area contributed by atoms with Gasteiger partial charge >= 0.3 is 28.5 Å². The average Bonchev–Trinajstić information content (AvgIpc) is 2.81. The standard InChI is InChI=1S/C24H25N2O7PS2/c1-25(2)21-13-5-11-19-17(21)9-7-15-23(19)35(28,29)32-34(27)33-36(30,31)24-16-8-10-18-20(24)12-6-14-22(18)26(3)4/h5-16,34H,1-4H3. The number of fused-ring (bicyclic) bond motifs is 2. The quantitative estimate of drug-likeness (QED) is 0.291. The largest absolute Gasteiger partial charge is 0.377 e. The summed E-state index contributed by atoms with van der Waals surface area (Å²) >= 11 is 0. The Morgan fingerprint density at radius 2 is 0.889 bits per heavy atom. The first-order valence-corrected chi connectivity index (χ1v) is 14.8. The van der Waals surface area contributed by atoms with Crippen LogP contribution in [-0.2, 0) is 32.7 Å². The molecule has 0 unspecified atom stereocenters. The molecule has 4 aromatic rings. The Balaban J connectivity index is 1.67. The van der Waals surface area contributed by atoms with Gasteiger partial charge in [0.1, 0.15) is 9.79 Å². The highest BCUT2D eigenvalue weighted by Crippen LogP contribution is 2.39. The molecule has 0 bridgehead atoms. The minimum Gasteiger partial charge on any atom is -0.377 e. The highest BCUT2D eigenvalue weighted by atomic mass is 32.2. The maximum Gasteiger partial charge on any atom is 0.348 e. The van der Waals surface area contributed by atoms with E-state index in [0.29, 0.717) is 21.5 Å². The average molecular weight is 549 g/mol. The third-order valence-electron chi connectivity index (χ3n) is 5.58. The third-order valence-corrected chi connectivity index (χ3v) is 10.2. The van der Waals surface area contributed by atoms with Crippen LogP contribution < -0.4 is 9.80 Å². The Hall–Kier alpha value is -2.95. The summed E-state index contributed by atoms with van der Waals surface area (Å²) in [5.41, 5.74) is 1.54. The van der Waals surface area contributed by atoms with Crippen LogP contribution in [0.3, 0.4) is 0 Å². The number of hydrogen-bond acceptors (Lipinski definition) is 9. The molecule has 0 N–H and O–H groups in total. The van der Waals surface area contributed by atoms with Crippen LogP contribution in [0.25, 0.3) is 21.5 Å². The van der Waals surface area contributed by atoms with Crippen molar-refractivity contribution in [2.45, 2.75) is 9.79 Å². The van der Waals surface area contributed by atoms with E-state index in [1.54, 1.807) is 36.4 Å². The van der Waals surface area contributed by atoms with Gasteiger partial charge in [0.25, 0.3) is 0 Å². The smallest absolute Gasteiger partial charge is 0.348 e. The van der Waals surface area contributed by atoms with E-state index in [4.69, 9.17) is 7.94 Å². The molecule has 12 heteroatoms. The second kappa shape index (κ2) is 9.84. The van der Waals surface area contributed by atoms with Crippen molar-refractivity contribution in [2.24, 2.45) is 0 Å². The molecule has 0 saturated heterocycles. The van der Waals surface area contributed by atoms with Gasteiger partial charge in [0.15, 0.2) is 0 Å². The van der Waals surface area contributed by atoms with Gasteiger partial charge in [0.2, 0.25) is 0 Å². The zero-order valence-electron chi connectivity index (χ0n) is 20.0. The van der Waals surface area contributed by atoms with E-state index in [1.165, 1.54) is 24.3 Å². The van der Waals surface area contributed by atoms with Crippen molar-refractivity contribution in [3.63, 3.8) is 0 Å². The van der Waals surface area contributed by atoms with Gasteiger partial charge in [0.05, 0.1) is 0 Å². The van der Waals surface area contributed by atoms with Gasteiger partial charge in [-0.05, 0) is 24.3 Å². The lowest BCUT2D eigenvalue weighted by Crippen LogP contribution is -2.10. The molecule has 0 radical (unpaired) electrons. The van der Waals surface area contributed by atoms with Crippen molar-refractivity contribution < 1.29 is 29.3 Å². The van der Waals surface area contributed by atoms with Crippen LogP contribution in [0.5, 0.6) is 0 Å². The van der Waals surface area contributed by atoms with Gasteiger partial charge < -0.3 is 9.80 Å². The number of hydrogen-bond donors (Lipinski definition) is 0. The first-order chi connectivity index (χ1) is 16.9. The summed E-state index contributed by atoms with van der Waals surface area (Å²) < 4.78 is 74.1.